The number of carboxylic acids is 2. The normalized spacial score (nSPS) is 19.2. The third-order valence-electron chi connectivity index (χ3n) is 8.44. The number of thioether (sulfide) groups is 1. The third kappa shape index (κ3) is 6.64. The minimum Gasteiger partial charge on any atom is -0.504 e. The van der Waals surface area contributed by atoms with Crippen LogP contribution in [0.5, 0.6) is 11.5 Å². The maximum Gasteiger partial charge on any atom is 0.352 e. The Kier molecular flexibility index (Phi) is 9.82. The summed E-state index contributed by atoms with van der Waals surface area (Å²) in [4.78, 5) is 75.9. The molecule has 21 heteroatoms. The molecular formula is C30H30ClN8O10S2+. The van der Waals surface area contributed by atoms with Gasteiger partial charge in [-0.15, -0.1) is 23.1 Å². The van der Waals surface area contributed by atoms with Crippen LogP contribution in [0.15, 0.2) is 46.3 Å². The van der Waals surface area contributed by atoms with Gasteiger partial charge < -0.3 is 41.2 Å². The minimum atomic E-state index is -1.35. The lowest BCUT2D eigenvalue weighted by atomic mass is 10.0. The number of thiazole rings is 1. The van der Waals surface area contributed by atoms with E-state index in [2.05, 4.69) is 15.5 Å². The van der Waals surface area contributed by atoms with E-state index < -0.39 is 64.4 Å². The Balaban J connectivity index is 1.19. The van der Waals surface area contributed by atoms with Crippen LogP contribution < -0.4 is 15.6 Å². The summed E-state index contributed by atoms with van der Waals surface area (Å²) in [7, 11) is 0. The number of rotatable bonds is 11. The summed E-state index contributed by atoms with van der Waals surface area (Å²) in [6.07, 6.45) is 2.25. The summed E-state index contributed by atoms with van der Waals surface area (Å²) in [6, 6.07) is 1.35. The summed E-state index contributed by atoms with van der Waals surface area (Å²) in [5.41, 5.74) is 5.51. The average Bonchev–Trinajstić information content (AvgIpc) is 3.72. The zero-order valence-corrected chi connectivity index (χ0v) is 28.9. The van der Waals surface area contributed by atoms with Crippen molar-refractivity contribution >= 4 is 75.2 Å². The summed E-state index contributed by atoms with van der Waals surface area (Å²) < 4.78 is 3.69. The fourth-order valence-electron chi connectivity index (χ4n) is 5.80. The first kappa shape index (κ1) is 35.5. The number of anilines is 1. The molecule has 1 saturated heterocycles. The van der Waals surface area contributed by atoms with Gasteiger partial charge in [0.05, 0.1) is 17.1 Å². The van der Waals surface area contributed by atoms with Crippen molar-refractivity contribution in [2.75, 3.05) is 18.0 Å². The van der Waals surface area contributed by atoms with Crippen molar-refractivity contribution in [2.24, 2.45) is 5.16 Å². The number of carbonyl (C=O) groups is 5. The predicted octanol–water partition coefficient (Wildman–Crippen LogP) is 0.558. The van der Waals surface area contributed by atoms with Crippen molar-refractivity contribution < 1.29 is 53.8 Å². The number of fused-ring (bicyclic) bond motifs is 2. The Labute approximate surface area is 301 Å². The number of phenolic OH excluding ortho intramolecular Hbond substituents is 2. The molecule has 5 heterocycles. The van der Waals surface area contributed by atoms with E-state index in [4.69, 9.17) is 22.2 Å². The highest BCUT2D eigenvalue weighted by Gasteiger charge is 2.55. The lowest BCUT2D eigenvalue weighted by Crippen LogP contribution is -2.71. The Morgan fingerprint density at radius 1 is 1.25 bits per heavy atom. The number of aliphatic carboxylic acids is 2. The summed E-state index contributed by atoms with van der Waals surface area (Å²) in [5.74, 6) is -4.89. The number of aromatic nitrogens is 3. The quantitative estimate of drug-likeness (QED) is 0.0514. The molecule has 3 aromatic rings. The highest BCUT2D eigenvalue weighted by molar-refractivity contribution is 8.00. The number of oxime groups is 1. The van der Waals surface area contributed by atoms with Crippen molar-refractivity contribution in [1.29, 1.82) is 0 Å². The molecule has 2 aromatic heterocycles. The molecule has 0 unspecified atom stereocenters. The SMILES string of the molecule is CC[C@H](O/N=C(\C(=O)N[C@@H]1C(=O)N2C(C(=O)O)=C(Cn3cc[n+]4c3CN(C(=O)c3ccc(O)c(O)c3Cl)CC4)CS[C@H]12)c1csc(N)n1)C(=O)O. The number of phenols is 2. The van der Waals surface area contributed by atoms with Crippen molar-refractivity contribution in [3.05, 3.63) is 63.3 Å². The van der Waals surface area contributed by atoms with Crippen LogP contribution in [0.2, 0.25) is 5.02 Å². The van der Waals surface area contributed by atoms with Crippen LogP contribution in [-0.4, -0.2) is 105 Å². The van der Waals surface area contributed by atoms with Crippen LogP contribution in [0.1, 0.15) is 35.2 Å². The predicted molar refractivity (Wildman–Crippen MR) is 180 cm³/mol. The number of hydrogen-bond donors (Lipinski definition) is 6. The molecule has 6 rings (SSSR count). The van der Waals surface area contributed by atoms with E-state index in [9.17, 15) is 44.4 Å². The number of β-lactam (4-membered cyclic amide) rings is 1. The molecule has 0 aliphatic carbocycles. The molecular weight excluding hydrogens is 732 g/mol. The number of halogens is 1. The molecule has 3 aliphatic heterocycles. The van der Waals surface area contributed by atoms with Crippen LogP contribution in [-0.2, 0) is 43.7 Å². The maximum absolute atomic E-state index is 13.4. The smallest absolute Gasteiger partial charge is 0.352 e. The molecule has 268 valence electrons. The number of aromatic hydroxyl groups is 2. The van der Waals surface area contributed by atoms with Crippen molar-refractivity contribution in [1.82, 2.24) is 24.7 Å². The maximum atomic E-state index is 13.4. The van der Waals surface area contributed by atoms with Crippen LogP contribution in [0.25, 0.3) is 0 Å². The number of imidazole rings is 1. The van der Waals surface area contributed by atoms with Gasteiger partial charge in [0.2, 0.25) is 6.10 Å². The molecule has 3 atom stereocenters. The first-order valence-electron chi connectivity index (χ1n) is 15.3. The number of nitrogens with two attached hydrogens (primary N) is 1. The van der Waals surface area contributed by atoms with Crippen LogP contribution in [0.3, 0.4) is 0 Å². The Morgan fingerprint density at radius 2 is 2.02 bits per heavy atom. The molecule has 1 aromatic carbocycles. The number of carboxylic acid groups (broad SMARTS) is 2. The molecule has 51 heavy (non-hydrogen) atoms. The molecule has 1 fully saturated rings. The summed E-state index contributed by atoms with van der Waals surface area (Å²) >= 11 is 8.39. The lowest BCUT2D eigenvalue weighted by Gasteiger charge is -2.49. The lowest BCUT2D eigenvalue weighted by molar-refractivity contribution is -0.710. The number of amides is 3. The monoisotopic (exact) mass is 761 g/mol. The van der Waals surface area contributed by atoms with Crippen molar-refractivity contribution in [3.8, 4) is 11.5 Å². The van der Waals surface area contributed by atoms with Crippen LogP contribution in [0, 0.1) is 0 Å². The number of carbonyl (C=O) groups excluding carboxylic acids is 3. The van der Waals surface area contributed by atoms with Crippen molar-refractivity contribution in [3.63, 3.8) is 0 Å². The molecule has 3 aliphatic rings. The summed E-state index contributed by atoms with van der Waals surface area (Å²) in [5, 5.41) is 46.1. The molecule has 3 amide bonds. The van der Waals surface area contributed by atoms with E-state index in [0.717, 1.165) is 16.2 Å². The van der Waals surface area contributed by atoms with E-state index in [1.165, 1.54) is 34.2 Å². The first-order valence-corrected chi connectivity index (χ1v) is 17.6. The number of nitrogens with zero attached hydrogens (tertiary/aromatic N) is 6. The highest BCUT2D eigenvalue weighted by atomic mass is 35.5. The van der Waals surface area contributed by atoms with Gasteiger partial charge in [0.1, 0.15) is 54.8 Å². The fourth-order valence-corrected chi connectivity index (χ4v) is 7.92. The van der Waals surface area contributed by atoms with Gasteiger partial charge in [-0.25, -0.2) is 23.7 Å². The number of hydrogen-bond acceptors (Lipinski definition) is 13. The van der Waals surface area contributed by atoms with Gasteiger partial charge in [-0.05, 0) is 18.6 Å². The summed E-state index contributed by atoms with van der Waals surface area (Å²) in [6.45, 7) is 2.50. The van der Waals surface area contributed by atoms with Gasteiger partial charge in [0, 0.05) is 16.7 Å². The van der Waals surface area contributed by atoms with Crippen LogP contribution >= 0.6 is 34.7 Å². The molecule has 0 spiro atoms. The highest BCUT2D eigenvalue weighted by Crippen LogP contribution is 2.41. The second-order valence-electron chi connectivity index (χ2n) is 11.5. The van der Waals surface area contributed by atoms with Gasteiger partial charge in [-0.3, -0.25) is 19.3 Å². The second-order valence-corrected chi connectivity index (χ2v) is 13.9. The number of nitrogens with one attached hydrogen (secondary N) is 1. The molecule has 18 nitrogen and oxygen atoms in total. The largest absolute Gasteiger partial charge is 0.504 e. The van der Waals surface area contributed by atoms with E-state index in [0.29, 0.717) is 24.5 Å². The van der Waals surface area contributed by atoms with E-state index in [1.54, 1.807) is 23.9 Å². The Morgan fingerprint density at radius 3 is 2.69 bits per heavy atom. The van der Waals surface area contributed by atoms with E-state index in [1.807, 2.05) is 4.57 Å². The van der Waals surface area contributed by atoms with Gasteiger partial charge in [-0.1, -0.05) is 23.7 Å². The molecule has 0 bridgehead atoms. The average molecular weight is 762 g/mol. The second kappa shape index (κ2) is 14.1. The fraction of sp³-hybridized carbons (Fsp3) is 0.333. The standard InChI is InChI=1S/C30H29ClN8O10S2/c1-2-17(28(45)46)49-35-20(15-12-51-30(32)33-15)24(42)34-21-26(44)39-22(29(47)48)13(11-50-27(21)39)9-37-7-5-36-6-8-38(10-18(36)37)25(43)14-3-4-16(40)23(41)19(14)31/h3-5,7,12,17,21,27H,2,6,8-11H2,1H3,(H6-,32,33,34,35,40,41,42,43,45,46,47,48)/p+1/t17-,21+,27+/m0/s1. The molecule has 0 radical (unpaired) electrons. The Hall–Kier alpha value is -5.34. The van der Waals surface area contributed by atoms with Gasteiger partial charge in [0.25, 0.3) is 23.5 Å². The van der Waals surface area contributed by atoms with Crippen LogP contribution in [0.4, 0.5) is 5.13 Å². The van der Waals surface area contributed by atoms with E-state index in [-0.39, 0.29) is 52.4 Å². The van der Waals surface area contributed by atoms with Gasteiger partial charge >= 0.3 is 11.9 Å². The van der Waals surface area contributed by atoms with Gasteiger partial charge in [-0.2, -0.15) is 0 Å². The molecule has 0 saturated carbocycles. The molecule has 7 N–H and O–H groups in total. The minimum absolute atomic E-state index is 0.000996. The first-order chi connectivity index (χ1) is 24.3. The zero-order valence-electron chi connectivity index (χ0n) is 26.6. The van der Waals surface area contributed by atoms with E-state index >= 15 is 0 Å². The Bertz CT molecular complexity index is 2030. The number of nitrogen functional groups attached to an aromatic ring is 1. The number of benzene rings is 1. The zero-order chi connectivity index (χ0) is 36.7. The van der Waals surface area contributed by atoms with Crippen molar-refractivity contribution in [2.45, 2.75) is 50.5 Å². The van der Waals surface area contributed by atoms with Gasteiger partial charge in [0.15, 0.2) is 22.3 Å². The topological polar surface area (TPSA) is 254 Å². The third-order valence-corrected chi connectivity index (χ3v) is 10.8.